The molecule has 202 valence electrons. The smallest absolute Gasteiger partial charge is 0.286 e. The van der Waals surface area contributed by atoms with E-state index in [-0.39, 0.29) is 40.4 Å². The molecular formula is C28H32FN3O5S. The number of carbonyl (C=O) groups is 2. The highest BCUT2D eigenvalue weighted by atomic mass is 32.2. The second-order valence-corrected chi connectivity index (χ2v) is 11.4. The zero-order valence-electron chi connectivity index (χ0n) is 21.5. The molecule has 8 nitrogen and oxygen atoms in total. The number of amides is 1. The third-order valence-electron chi connectivity index (χ3n) is 7.25. The van der Waals surface area contributed by atoms with Crippen LogP contribution in [0.1, 0.15) is 75.5 Å². The number of halogens is 1. The van der Waals surface area contributed by atoms with Crippen molar-refractivity contribution in [3.8, 4) is 0 Å². The highest BCUT2D eigenvalue weighted by molar-refractivity contribution is 7.90. The molecule has 0 unspecified atom stereocenters. The van der Waals surface area contributed by atoms with Crippen molar-refractivity contribution in [2.24, 2.45) is 10.1 Å². The van der Waals surface area contributed by atoms with E-state index in [0.29, 0.717) is 24.0 Å². The number of aliphatic hydroxyl groups excluding tert-OH is 1. The molecule has 0 saturated carbocycles. The monoisotopic (exact) mass is 541 g/mol. The number of ketones is 1. The standard InChI is InChI=1S/C28H32FN3O5S/c1-3-5-13-28(14-6-4-2)20-10-9-18(29)16-19(20)25(34)24(26(28)35)27-31-21-11-7-17(8-12-23(30)33)15-22(21)38(36,37)32-27/h7,9-11,15-16,34H,3-6,8,12-14H2,1-2H3,(H2,30,33)(H,31,32). The van der Waals surface area contributed by atoms with Crippen molar-refractivity contribution in [3.05, 3.63) is 64.5 Å². The molecule has 0 saturated heterocycles. The number of amidine groups is 1. The Bertz CT molecular complexity index is 1450. The van der Waals surface area contributed by atoms with Gasteiger partial charge in [0.05, 0.1) is 11.1 Å². The molecule has 4 N–H and O–H groups in total. The molecule has 2 aliphatic rings. The molecular weight excluding hydrogens is 509 g/mol. The van der Waals surface area contributed by atoms with Crippen LogP contribution < -0.4 is 11.1 Å². The van der Waals surface area contributed by atoms with E-state index in [1.807, 2.05) is 13.8 Å². The van der Waals surface area contributed by atoms with Gasteiger partial charge in [-0.2, -0.15) is 8.42 Å². The largest absolute Gasteiger partial charge is 0.506 e. The van der Waals surface area contributed by atoms with Crippen molar-refractivity contribution in [2.75, 3.05) is 5.32 Å². The lowest BCUT2D eigenvalue weighted by molar-refractivity contribution is -0.121. The van der Waals surface area contributed by atoms with E-state index in [4.69, 9.17) is 5.73 Å². The van der Waals surface area contributed by atoms with E-state index in [0.717, 1.165) is 25.7 Å². The Morgan fingerprint density at radius 2 is 1.79 bits per heavy atom. The minimum atomic E-state index is -4.27. The molecule has 1 heterocycles. The molecule has 0 radical (unpaired) electrons. The van der Waals surface area contributed by atoms with Gasteiger partial charge in [0.2, 0.25) is 5.91 Å². The van der Waals surface area contributed by atoms with Crippen LogP contribution >= 0.6 is 0 Å². The van der Waals surface area contributed by atoms with Crippen molar-refractivity contribution in [2.45, 2.75) is 75.5 Å². The van der Waals surface area contributed by atoms with E-state index in [2.05, 4.69) is 9.71 Å². The van der Waals surface area contributed by atoms with Gasteiger partial charge in [0.25, 0.3) is 10.0 Å². The van der Waals surface area contributed by atoms with E-state index < -0.39 is 38.7 Å². The predicted molar refractivity (Wildman–Crippen MR) is 144 cm³/mol. The topological polar surface area (TPSA) is 139 Å². The molecule has 0 atom stereocenters. The van der Waals surface area contributed by atoms with E-state index in [9.17, 15) is 27.5 Å². The van der Waals surface area contributed by atoms with Crippen LogP contribution in [0.5, 0.6) is 0 Å². The molecule has 0 spiro atoms. The number of aliphatic hydroxyl groups is 1. The van der Waals surface area contributed by atoms with Crippen LogP contribution in [0, 0.1) is 5.82 Å². The summed E-state index contributed by atoms with van der Waals surface area (Å²) in [5, 5.41) is 14.2. The first kappa shape index (κ1) is 27.5. The number of hydrogen-bond acceptors (Lipinski definition) is 6. The maximum absolute atomic E-state index is 14.4. The minimum Gasteiger partial charge on any atom is -0.506 e. The first-order chi connectivity index (χ1) is 18.0. The van der Waals surface area contributed by atoms with Crippen LogP contribution in [0.4, 0.5) is 10.1 Å². The van der Waals surface area contributed by atoms with Gasteiger partial charge in [-0.15, -0.1) is 4.40 Å². The molecule has 0 fully saturated rings. The van der Waals surface area contributed by atoms with Crippen LogP contribution in [0.3, 0.4) is 0 Å². The van der Waals surface area contributed by atoms with Crippen LogP contribution in [-0.4, -0.2) is 31.1 Å². The molecule has 10 heteroatoms. The Morgan fingerprint density at radius 1 is 1.11 bits per heavy atom. The SMILES string of the molecule is CCCCC1(CCCC)C(=O)C(C2=NS(=O)(=O)c3cc(CCC(N)=O)ccc3N2)=C(O)c2cc(F)ccc21. The number of hydrogen-bond donors (Lipinski definition) is 3. The molecule has 2 aromatic rings. The van der Waals surface area contributed by atoms with Gasteiger partial charge < -0.3 is 16.2 Å². The number of carbonyl (C=O) groups excluding carboxylic acids is 2. The van der Waals surface area contributed by atoms with Gasteiger partial charge in [0.1, 0.15) is 22.0 Å². The van der Waals surface area contributed by atoms with Gasteiger partial charge in [-0.1, -0.05) is 51.7 Å². The molecule has 1 amide bonds. The fourth-order valence-electron chi connectivity index (χ4n) is 5.27. The highest BCUT2D eigenvalue weighted by Gasteiger charge is 2.49. The summed E-state index contributed by atoms with van der Waals surface area (Å²) < 4.78 is 44.7. The summed E-state index contributed by atoms with van der Waals surface area (Å²) in [6, 6.07) is 8.61. The summed E-state index contributed by atoms with van der Waals surface area (Å²) in [5.74, 6) is -2.32. The van der Waals surface area contributed by atoms with E-state index in [1.165, 1.54) is 24.3 Å². The van der Waals surface area contributed by atoms with Gasteiger partial charge in [0, 0.05) is 12.0 Å². The first-order valence-corrected chi connectivity index (χ1v) is 14.3. The number of rotatable bonds is 10. The van der Waals surface area contributed by atoms with Gasteiger partial charge in [0.15, 0.2) is 11.6 Å². The summed E-state index contributed by atoms with van der Waals surface area (Å²) >= 11 is 0. The van der Waals surface area contributed by atoms with Crippen molar-refractivity contribution in [1.82, 2.24) is 0 Å². The number of sulfonamides is 1. The normalized spacial score (nSPS) is 17.3. The number of nitrogens with two attached hydrogens (primary N) is 1. The number of unbranched alkanes of at least 4 members (excludes halogenated alkanes) is 2. The summed E-state index contributed by atoms with van der Waals surface area (Å²) in [4.78, 5) is 25.3. The Kier molecular flexibility index (Phi) is 7.73. The van der Waals surface area contributed by atoms with Gasteiger partial charge in [-0.05, 0) is 54.7 Å². The number of nitrogens with one attached hydrogen (secondary N) is 1. The molecule has 38 heavy (non-hydrogen) atoms. The lowest BCUT2D eigenvalue weighted by atomic mass is 9.63. The van der Waals surface area contributed by atoms with Gasteiger partial charge >= 0.3 is 0 Å². The number of primary amides is 1. The van der Waals surface area contributed by atoms with Crippen molar-refractivity contribution in [3.63, 3.8) is 0 Å². The Hall–Kier alpha value is -3.53. The summed E-state index contributed by atoms with van der Waals surface area (Å²) in [6.45, 7) is 4.02. The van der Waals surface area contributed by atoms with Crippen molar-refractivity contribution in [1.29, 1.82) is 0 Å². The first-order valence-electron chi connectivity index (χ1n) is 12.9. The molecule has 4 rings (SSSR count). The van der Waals surface area contributed by atoms with Crippen LogP contribution in [0.2, 0.25) is 0 Å². The maximum atomic E-state index is 14.4. The highest BCUT2D eigenvalue weighted by Crippen LogP contribution is 2.47. The fraction of sp³-hybridized carbons (Fsp3) is 0.393. The summed E-state index contributed by atoms with van der Waals surface area (Å²) in [7, 11) is -4.27. The maximum Gasteiger partial charge on any atom is 0.286 e. The summed E-state index contributed by atoms with van der Waals surface area (Å²) in [6.07, 6.45) is 4.34. The van der Waals surface area contributed by atoms with Crippen LogP contribution in [0.25, 0.3) is 5.76 Å². The van der Waals surface area contributed by atoms with Crippen molar-refractivity contribution >= 4 is 39.0 Å². The third-order valence-corrected chi connectivity index (χ3v) is 8.57. The zero-order chi connectivity index (χ0) is 27.7. The average Bonchev–Trinajstić information content (AvgIpc) is 2.87. The number of aryl methyl sites for hydroxylation is 1. The predicted octanol–water partition coefficient (Wildman–Crippen LogP) is 4.93. The Labute approximate surface area is 221 Å². The number of anilines is 1. The molecule has 1 aliphatic carbocycles. The second-order valence-electron chi connectivity index (χ2n) is 9.87. The van der Waals surface area contributed by atoms with Gasteiger partial charge in [-0.3, -0.25) is 9.59 Å². The Balaban J connectivity index is 1.86. The molecule has 2 aromatic carbocycles. The number of benzene rings is 2. The van der Waals surface area contributed by atoms with Crippen LogP contribution in [0.15, 0.2) is 51.3 Å². The van der Waals surface area contributed by atoms with Crippen LogP contribution in [-0.2, 0) is 31.4 Å². The van der Waals surface area contributed by atoms with Crippen molar-refractivity contribution < 1.29 is 27.5 Å². The quantitative estimate of drug-likeness (QED) is 0.390. The Morgan fingerprint density at radius 3 is 2.42 bits per heavy atom. The average molecular weight is 542 g/mol. The number of nitrogens with zero attached hydrogens (tertiary/aromatic N) is 1. The summed E-state index contributed by atoms with van der Waals surface area (Å²) in [5.41, 5.74) is 5.38. The van der Waals surface area contributed by atoms with Gasteiger partial charge in [-0.25, -0.2) is 4.39 Å². The minimum absolute atomic E-state index is 0.0591. The number of fused-ring (bicyclic) bond motifs is 2. The molecule has 0 aromatic heterocycles. The lowest BCUT2D eigenvalue weighted by Crippen LogP contribution is -2.44. The third kappa shape index (κ3) is 4.97. The molecule has 1 aliphatic heterocycles. The zero-order valence-corrected chi connectivity index (χ0v) is 22.3. The number of Topliss-reactive ketones (excluding diaryl/α,β-unsaturated/α-hetero) is 1. The second kappa shape index (κ2) is 10.7. The van der Waals surface area contributed by atoms with E-state index in [1.54, 1.807) is 12.1 Å². The molecule has 0 bridgehead atoms. The lowest BCUT2D eigenvalue weighted by Gasteiger charge is -2.39. The fourth-order valence-corrected chi connectivity index (χ4v) is 6.44. The van der Waals surface area contributed by atoms with E-state index >= 15 is 0 Å².